The number of likely N-dealkylation sites (N-methyl/N-ethyl adjacent to an activating group) is 1. The van der Waals surface area contributed by atoms with Crippen LogP contribution in [0.3, 0.4) is 0 Å². The number of ether oxygens (including phenoxy) is 1. The number of hydrogen-bond acceptors (Lipinski definition) is 8. The van der Waals surface area contributed by atoms with E-state index >= 15 is 0 Å². The molecule has 41 heavy (non-hydrogen) atoms. The highest BCUT2D eigenvalue weighted by molar-refractivity contribution is 7.27. The van der Waals surface area contributed by atoms with Gasteiger partial charge in [-0.25, -0.2) is 19.6 Å². The molecule has 0 fully saturated rings. The standard InChI is InChI=1S/C28H28ClN8O3P/c1-16-3-5-18(10-23(16)41)25-19(29)11-30-26(34-25)27(38)33-20-14-40-22-6-4-17(9-21(22)35(2)28(20)39)12-36-7-8-37-24(13-36)31-15-32-37/h3-6,9-11,15,20H,7-8,12-14,41H2,1-2H3,(H,33,38)/t20-/m0/s1. The van der Waals surface area contributed by atoms with Crippen molar-refractivity contribution in [3.8, 4) is 17.0 Å². The van der Waals surface area contributed by atoms with Crippen molar-refractivity contribution in [3.63, 3.8) is 0 Å². The maximum atomic E-state index is 13.4. The first-order valence-corrected chi connectivity index (χ1v) is 14.0. The third-order valence-electron chi connectivity index (χ3n) is 7.32. The van der Waals surface area contributed by atoms with Crippen molar-refractivity contribution in [1.82, 2.24) is 34.9 Å². The average Bonchev–Trinajstić information content (AvgIpc) is 3.40. The van der Waals surface area contributed by atoms with Crippen molar-refractivity contribution < 1.29 is 14.3 Å². The van der Waals surface area contributed by atoms with E-state index in [1.165, 1.54) is 11.1 Å². The smallest absolute Gasteiger partial charge is 0.289 e. The van der Waals surface area contributed by atoms with E-state index in [-0.39, 0.29) is 18.3 Å². The van der Waals surface area contributed by atoms with Gasteiger partial charge in [0.15, 0.2) is 0 Å². The molecule has 11 nitrogen and oxygen atoms in total. The number of carbonyl (C=O) groups excluding carboxylic acids is 2. The van der Waals surface area contributed by atoms with E-state index in [0.717, 1.165) is 40.9 Å². The van der Waals surface area contributed by atoms with E-state index in [1.807, 2.05) is 48.0 Å². The number of nitrogens with zero attached hydrogens (tertiary/aromatic N) is 7. The Morgan fingerprint density at radius 2 is 2.05 bits per heavy atom. The van der Waals surface area contributed by atoms with Crippen LogP contribution in [0.15, 0.2) is 48.9 Å². The number of carbonyl (C=O) groups is 2. The lowest BCUT2D eigenvalue weighted by Gasteiger charge is -2.27. The second-order valence-corrected chi connectivity index (χ2v) is 11.1. The molecule has 0 bridgehead atoms. The first-order chi connectivity index (χ1) is 19.8. The SMILES string of the molecule is Cc1ccc(-c2nc(C(=O)N[C@H]3COc4ccc(CN5CCn6ncnc6C5)cc4N(C)C3=O)ncc2Cl)cc1P. The van der Waals surface area contributed by atoms with Crippen LogP contribution in [0.1, 0.15) is 27.6 Å². The van der Waals surface area contributed by atoms with E-state index in [9.17, 15) is 9.59 Å². The van der Waals surface area contributed by atoms with Gasteiger partial charge in [0.1, 0.15) is 30.5 Å². The summed E-state index contributed by atoms with van der Waals surface area (Å²) in [6.07, 6.45) is 2.97. The fraction of sp³-hybridized carbons (Fsp3) is 0.286. The zero-order valence-electron chi connectivity index (χ0n) is 22.5. The number of fused-ring (bicyclic) bond motifs is 2. The van der Waals surface area contributed by atoms with Crippen LogP contribution in [0.25, 0.3) is 11.3 Å². The number of anilines is 1. The highest BCUT2D eigenvalue weighted by atomic mass is 35.5. The van der Waals surface area contributed by atoms with Crippen molar-refractivity contribution in [2.45, 2.75) is 32.6 Å². The summed E-state index contributed by atoms with van der Waals surface area (Å²) in [5, 5.41) is 8.29. The average molecular weight is 591 g/mol. The molecular formula is C28H28ClN8O3P. The minimum Gasteiger partial charge on any atom is -0.489 e. The van der Waals surface area contributed by atoms with E-state index in [4.69, 9.17) is 16.3 Å². The summed E-state index contributed by atoms with van der Waals surface area (Å²) in [6, 6.07) is 10.6. The predicted molar refractivity (Wildman–Crippen MR) is 157 cm³/mol. The Kier molecular flexibility index (Phi) is 7.42. The molecule has 2 aromatic heterocycles. The van der Waals surface area contributed by atoms with E-state index in [1.54, 1.807) is 13.4 Å². The summed E-state index contributed by atoms with van der Waals surface area (Å²) >= 11 is 6.37. The second-order valence-electron chi connectivity index (χ2n) is 10.1. The molecule has 0 aliphatic carbocycles. The molecule has 210 valence electrons. The van der Waals surface area contributed by atoms with Gasteiger partial charge < -0.3 is 15.0 Å². The van der Waals surface area contributed by atoms with Gasteiger partial charge in [-0.05, 0) is 41.6 Å². The summed E-state index contributed by atoms with van der Waals surface area (Å²) < 4.78 is 7.90. The Bertz CT molecular complexity index is 1660. The van der Waals surface area contributed by atoms with Crippen LogP contribution in [0.2, 0.25) is 5.02 Å². The summed E-state index contributed by atoms with van der Waals surface area (Å²) in [7, 11) is 4.35. The van der Waals surface area contributed by atoms with Crippen molar-refractivity contribution >= 4 is 43.6 Å². The molecule has 6 rings (SSSR count). The molecule has 0 saturated heterocycles. The van der Waals surface area contributed by atoms with E-state index in [2.05, 4.69) is 39.5 Å². The number of aryl methyl sites for hydroxylation is 1. The summed E-state index contributed by atoms with van der Waals surface area (Å²) in [4.78, 5) is 43.3. The number of halogens is 1. The lowest BCUT2D eigenvalue weighted by Crippen LogP contribution is -2.49. The lowest BCUT2D eigenvalue weighted by molar-refractivity contribution is -0.120. The molecule has 2 aliphatic heterocycles. The lowest BCUT2D eigenvalue weighted by atomic mass is 10.1. The summed E-state index contributed by atoms with van der Waals surface area (Å²) in [5.74, 6) is 0.510. The van der Waals surface area contributed by atoms with Crippen LogP contribution in [0.4, 0.5) is 5.69 Å². The third kappa shape index (κ3) is 5.53. The first-order valence-electron chi connectivity index (χ1n) is 13.1. The number of aromatic nitrogens is 5. The molecule has 13 heteroatoms. The molecule has 4 aromatic rings. The topological polar surface area (TPSA) is 118 Å². The Morgan fingerprint density at radius 3 is 2.88 bits per heavy atom. The molecule has 2 amide bonds. The molecule has 2 aromatic carbocycles. The summed E-state index contributed by atoms with van der Waals surface area (Å²) in [6.45, 7) is 5.00. The minimum absolute atomic E-state index is 0.0299. The molecule has 0 spiro atoms. The number of hydrogen-bond donors (Lipinski definition) is 1. The number of rotatable bonds is 5. The molecule has 0 radical (unpaired) electrons. The van der Waals surface area contributed by atoms with Gasteiger partial charge in [-0.1, -0.05) is 29.8 Å². The quantitative estimate of drug-likeness (QED) is 0.352. The first kappa shape index (κ1) is 27.3. The van der Waals surface area contributed by atoms with Gasteiger partial charge in [0.2, 0.25) is 5.82 Å². The molecule has 4 heterocycles. The molecule has 2 aliphatic rings. The van der Waals surface area contributed by atoms with Gasteiger partial charge in [-0.15, -0.1) is 9.24 Å². The van der Waals surface area contributed by atoms with Gasteiger partial charge in [0, 0.05) is 25.7 Å². The van der Waals surface area contributed by atoms with E-state index in [0.29, 0.717) is 35.2 Å². The Labute approximate surface area is 244 Å². The van der Waals surface area contributed by atoms with Crippen molar-refractivity contribution in [3.05, 3.63) is 76.7 Å². The normalized spacial score (nSPS) is 16.9. The highest BCUT2D eigenvalue weighted by Gasteiger charge is 2.32. The van der Waals surface area contributed by atoms with Crippen LogP contribution < -0.4 is 20.3 Å². The maximum absolute atomic E-state index is 13.4. The zero-order valence-corrected chi connectivity index (χ0v) is 24.5. The van der Waals surface area contributed by atoms with Gasteiger partial charge in [0.05, 0.1) is 35.7 Å². The van der Waals surface area contributed by atoms with Gasteiger partial charge in [-0.3, -0.25) is 14.5 Å². The number of amides is 2. The largest absolute Gasteiger partial charge is 0.489 e. The number of nitrogens with one attached hydrogen (secondary N) is 1. The van der Waals surface area contributed by atoms with Crippen molar-refractivity contribution in [2.75, 3.05) is 25.1 Å². The molecule has 0 saturated carbocycles. The fourth-order valence-corrected chi connectivity index (χ4v) is 5.42. The molecular weight excluding hydrogens is 563 g/mol. The molecule has 1 N–H and O–H groups in total. The Hall–Kier alpha value is -3.92. The highest BCUT2D eigenvalue weighted by Crippen LogP contribution is 2.32. The summed E-state index contributed by atoms with van der Waals surface area (Å²) in [5.41, 5.74) is 3.97. The van der Waals surface area contributed by atoms with Crippen LogP contribution >= 0.6 is 20.8 Å². The van der Waals surface area contributed by atoms with Crippen molar-refractivity contribution in [1.29, 1.82) is 0 Å². The van der Waals surface area contributed by atoms with Gasteiger partial charge in [-0.2, -0.15) is 5.10 Å². The van der Waals surface area contributed by atoms with Crippen LogP contribution in [0.5, 0.6) is 5.75 Å². The zero-order chi connectivity index (χ0) is 28.7. The van der Waals surface area contributed by atoms with Crippen LogP contribution in [-0.4, -0.2) is 67.7 Å². The minimum atomic E-state index is -0.933. The van der Waals surface area contributed by atoms with E-state index < -0.39 is 11.9 Å². The Morgan fingerprint density at radius 1 is 1.20 bits per heavy atom. The number of benzene rings is 2. The second kappa shape index (κ2) is 11.2. The van der Waals surface area contributed by atoms with Crippen LogP contribution in [0, 0.1) is 6.92 Å². The Balaban J connectivity index is 1.16. The van der Waals surface area contributed by atoms with Crippen LogP contribution in [-0.2, 0) is 24.4 Å². The van der Waals surface area contributed by atoms with Gasteiger partial charge in [0.25, 0.3) is 11.8 Å². The fourth-order valence-electron chi connectivity index (χ4n) is 4.94. The maximum Gasteiger partial charge on any atom is 0.289 e. The van der Waals surface area contributed by atoms with Crippen molar-refractivity contribution in [2.24, 2.45) is 0 Å². The third-order valence-corrected chi connectivity index (χ3v) is 8.22. The molecule has 1 unspecified atom stereocenters. The molecule has 2 atom stereocenters. The predicted octanol–water partition coefficient (Wildman–Crippen LogP) is 2.37. The monoisotopic (exact) mass is 590 g/mol. The van der Waals surface area contributed by atoms with Gasteiger partial charge >= 0.3 is 0 Å².